The van der Waals surface area contributed by atoms with Crippen LogP contribution >= 0.6 is 0 Å². The fraction of sp³-hybridized carbons (Fsp3) is 0.238. The molecule has 0 saturated heterocycles. The topological polar surface area (TPSA) is 103 Å². The van der Waals surface area contributed by atoms with Crippen LogP contribution in [0, 0.1) is 5.82 Å². The summed E-state index contributed by atoms with van der Waals surface area (Å²) in [6.45, 7) is 2.63. The number of halogens is 1. The number of ether oxygens (including phenoxy) is 1. The van der Waals surface area contributed by atoms with Crippen molar-refractivity contribution in [2.45, 2.75) is 32.5 Å². The number of hydrogen-bond donors (Lipinski definition) is 1. The Hall–Kier alpha value is -3.75. The van der Waals surface area contributed by atoms with E-state index in [0.29, 0.717) is 11.1 Å². The average Bonchev–Trinajstić information content (AvgIpc) is 3.09. The molecule has 9 heteroatoms. The van der Waals surface area contributed by atoms with Crippen LogP contribution in [0.2, 0.25) is 0 Å². The lowest BCUT2D eigenvalue weighted by molar-refractivity contribution is -0.155. The Labute approximate surface area is 171 Å². The van der Waals surface area contributed by atoms with Crippen LogP contribution in [-0.2, 0) is 20.9 Å². The number of benzene rings is 2. The van der Waals surface area contributed by atoms with E-state index in [-0.39, 0.29) is 11.7 Å². The van der Waals surface area contributed by atoms with Crippen molar-refractivity contribution in [3.63, 3.8) is 0 Å². The van der Waals surface area contributed by atoms with Gasteiger partial charge in [0.05, 0.1) is 6.04 Å². The van der Waals surface area contributed by atoms with Crippen molar-refractivity contribution in [3.8, 4) is 11.5 Å². The first kappa shape index (κ1) is 21.0. The molecular formula is C21H20FN3O5. The molecule has 2 aromatic carbocycles. The average molecular weight is 413 g/mol. The van der Waals surface area contributed by atoms with Crippen LogP contribution in [0.15, 0.2) is 63.8 Å². The van der Waals surface area contributed by atoms with Gasteiger partial charge in [-0.1, -0.05) is 30.3 Å². The number of carbonyl (C=O) groups is 2. The lowest BCUT2D eigenvalue weighted by atomic mass is 10.1. The fourth-order valence-electron chi connectivity index (χ4n) is 2.68. The van der Waals surface area contributed by atoms with E-state index in [0.717, 1.165) is 4.68 Å². The smallest absolute Gasteiger partial charge is 0.437 e. The summed E-state index contributed by atoms with van der Waals surface area (Å²) < 4.78 is 24.0. The van der Waals surface area contributed by atoms with Crippen LogP contribution in [0.1, 0.15) is 25.5 Å². The molecule has 0 fully saturated rings. The summed E-state index contributed by atoms with van der Waals surface area (Å²) in [4.78, 5) is 36.3. The van der Waals surface area contributed by atoms with Crippen molar-refractivity contribution in [1.82, 2.24) is 15.1 Å². The Bertz CT molecular complexity index is 1080. The highest BCUT2D eigenvalue weighted by molar-refractivity contribution is 5.83. The maximum Gasteiger partial charge on any atom is 0.437 e. The third-order valence-electron chi connectivity index (χ3n) is 4.31. The van der Waals surface area contributed by atoms with Gasteiger partial charge in [-0.2, -0.15) is 4.68 Å². The van der Waals surface area contributed by atoms with Crippen LogP contribution in [0.3, 0.4) is 0 Å². The van der Waals surface area contributed by atoms with Crippen LogP contribution < -0.4 is 11.1 Å². The summed E-state index contributed by atoms with van der Waals surface area (Å²) in [6.07, 6.45) is -1.10. The summed E-state index contributed by atoms with van der Waals surface area (Å²) in [6, 6.07) is 14.0. The number of nitrogens with one attached hydrogen (secondary N) is 1. The number of aromatic nitrogens is 2. The third-order valence-corrected chi connectivity index (χ3v) is 4.31. The van der Waals surface area contributed by atoms with Crippen LogP contribution in [-0.4, -0.2) is 27.8 Å². The monoisotopic (exact) mass is 413 g/mol. The second-order valence-electron chi connectivity index (χ2n) is 6.61. The number of amides is 1. The second kappa shape index (κ2) is 9.17. The standard InChI is InChI=1S/C21H20FN3O5/c1-13(15-8-10-17(22)11-9-15)23-19(27)14(2)29-18(26)12-25-21(28)30-20(24-25)16-6-4-3-5-7-16/h3-11,13-14H,12H2,1-2H3,(H,23,27). The van der Waals surface area contributed by atoms with Crippen molar-refractivity contribution in [2.24, 2.45) is 0 Å². The van der Waals surface area contributed by atoms with Crippen molar-refractivity contribution >= 4 is 11.9 Å². The number of esters is 1. The maximum atomic E-state index is 13.0. The number of nitrogens with zero attached hydrogens (tertiary/aromatic N) is 2. The Kier molecular flexibility index (Phi) is 6.41. The van der Waals surface area contributed by atoms with Gasteiger partial charge in [0.15, 0.2) is 6.10 Å². The van der Waals surface area contributed by atoms with Crippen molar-refractivity contribution in [1.29, 1.82) is 0 Å². The minimum atomic E-state index is -1.10. The first-order valence-corrected chi connectivity index (χ1v) is 9.22. The number of carbonyl (C=O) groups excluding carboxylic acids is 2. The van der Waals surface area contributed by atoms with Gasteiger partial charge in [-0.15, -0.1) is 5.10 Å². The van der Waals surface area contributed by atoms with E-state index in [1.54, 1.807) is 49.4 Å². The molecule has 2 unspecified atom stereocenters. The zero-order valence-electron chi connectivity index (χ0n) is 16.4. The molecule has 1 aromatic heterocycles. The molecule has 0 aliphatic rings. The predicted octanol–water partition coefficient (Wildman–Crippen LogP) is 2.45. The lowest BCUT2D eigenvalue weighted by Crippen LogP contribution is -2.38. The van der Waals surface area contributed by atoms with Gasteiger partial charge >= 0.3 is 11.7 Å². The first-order valence-electron chi connectivity index (χ1n) is 9.22. The summed E-state index contributed by atoms with van der Waals surface area (Å²) in [5, 5.41) is 6.65. The van der Waals surface area contributed by atoms with Crippen LogP contribution in [0.5, 0.6) is 0 Å². The summed E-state index contributed by atoms with van der Waals surface area (Å²) >= 11 is 0. The van der Waals surface area contributed by atoms with Gasteiger partial charge in [0.1, 0.15) is 12.4 Å². The van der Waals surface area contributed by atoms with Gasteiger partial charge in [0, 0.05) is 5.56 Å². The molecule has 0 radical (unpaired) electrons. The number of hydrogen-bond acceptors (Lipinski definition) is 6. The van der Waals surface area contributed by atoms with Crippen molar-refractivity contribution in [2.75, 3.05) is 0 Å². The first-order chi connectivity index (χ1) is 14.3. The molecule has 1 amide bonds. The van der Waals surface area contributed by atoms with E-state index in [1.165, 1.54) is 19.1 Å². The Morgan fingerprint density at radius 2 is 1.80 bits per heavy atom. The van der Waals surface area contributed by atoms with Crippen LogP contribution in [0.25, 0.3) is 11.5 Å². The van der Waals surface area contributed by atoms with Crippen molar-refractivity contribution in [3.05, 3.63) is 76.5 Å². The highest BCUT2D eigenvalue weighted by atomic mass is 19.1. The molecule has 30 heavy (non-hydrogen) atoms. The Morgan fingerprint density at radius 3 is 2.47 bits per heavy atom. The highest BCUT2D eigenvalue weighted by Crippen LogP contribution is 2.15. The molecule has 0 aliphatic heterocycles. The quantitative estimate of drug-likeness (QED) is 0.597. The van der Waals surface area contributed by atoms with Gasteiger partial charge in [-0.3, -0.25) is 9.59 Å². The summed E-state index contributed by atoms with van der Waals surface area (Å²) in [7, 11) is 0. The van der Waals surface area contributed by atoms with E-state index < -0.39 is 36.3 Å². The van der Waals surface area contributed by atoms with E-state index in [1.807, 2.05) is 0 Å². The Balaban J connectivity index is 1.56. The van der Waals surface area contributed by atoms with Gasteiger partial charge in [-0.05, 0) is 43.7 Å². The molecule has 0 spiro atoms. The van der Waals surface area contributed by atoms with E-state index in [9.17, 15) is 18.8 Å². The molecule has 0 saturated carbocycles. The van der Waals surface area contributed by atoms with Gasteiger partial charge in [-0.25, -0.2) is 9.18 Å². The molecular weight excluding hydrogens is 393 g/mol. The molecule has 0 bridgehead atoms. The van der Waals surface area contributed by atoms with Crippen molar-refractivity contribution < 1.29 is 23.1 Å². The minimum absolute atomic E-state index is 0.0762. The van der Waals surface area contributed by atoms with Crippen LogP contribution in [0.4, 0.5) is 4.39 Å². The molecule has 8 nitrogen and oxygen atoms in total. The zero-order chi connectivity index (χ0) is 21.7. The lowest BCUT2D eigenvalue weighted by Gasteiger charge is -2.18. The fourth-order valence-corrected chi connectivity index (χ4v) is 2.68. The normalized spacial score (nSPS) is 12.8. The second-order valence-corrected chi connectivity index (χ2v) is 6.61. The largest absolute Gasteiger partial charge is 0.451 e. The molecule has 3 aromatic rings. The SMILES string of the molecule is CC(OC(=O)Cn1nc(-c2ccccc2)oc1=O)C(=O)NC(C)c1ccc(F)cc1. The number of rotatable bonds is 7. The maximum absolute atomic E-state index is 13.0. The molecule has 1 N–H and O–H groups in total. The molecule has 156 valence electrons. The highest BCUT2D eigenvalue weighted by Gasteiger charge is 2.21. The van der Waals surface area contributed by atoms with E-state index >= 15 is 0 Å². The Morgan fingerprint density at radius 1 is 1.13 bits per heavy atom. The van der Waals surface area contributed by atoms with Gasteiger partial charge in [0.25, 0.3) is 5.91 Å². The zero-order valence-corrected chi connectivity index (χ0v) is 16.4. The minimum Gasteiger partial charge on any atom is -0.451 e. The van der Waals surface area contributed by atoms with Gasteiger partial charge in [0.2, 0.25) is 5.89 Å². The summed E-state index contributed by atoms with van der Waals surface area (Å²) in [5.41, 5.74) is 1.29. The van der Waals surface area contributed by atoms with Gasteiger partial charge < -0.3 is 14.5 Å². The molecule has 3 rings (SSSR count). The van der Waals surface area contributed by atoms with E-state index in [4.69, 9.17) is 9.15 Å². The van der Waals surface area contributed by atoms with E-state index in [2.05, 4.69) is 10.4 Å². The predicted molar refractivity (Wildman–Crippen MR) is 105 cm³/mol. The summed E-state index contributed by atoms with van der Waals surface area (Å²) in [5.74, 6) is -2.46. The molecule has 0 aliphatic carbocycles. The molecule has 1 heterocycles. The molecule has 2 atom stereocenters. The third kappa shape index (κ3) is 5.19.